The highest BCUT2D eigenvalue weighted by atomic mass is 35.5. The van der Waals surface area contributed by atoms with Gasteiger partial charge in [-0.15, -0.1) is 34.0 Å². The van der Waals surface area contributed by atoms with Gasteiger partial charge in [-0.3, -0.25) is 0 Å². The fourth-order valence-electron chi connectivity index (χ4n) is 1.55. The molecular weight excluding hydrogens is 280 g/mol. The van der Waals surface area contributed by atoms with E-state index in [1.54, 1.807) is 22.7 Å². The van der Waals surface area contributed by atoms with E-state index < -0.39 is 6.10 Å². The lowest BCUT2D eigenvalue weighted by molar-refractivity contribution is 0.228. The van der Waals surface area contributed by atoms with Crippen LogP contribution in [-0.2, 0) is 0 Å². The molecule has 0 saturated heterocycles. The van der Waals surface area contributed by atoms with Crippen LogP contribution in [0.2, 0.25) is 5.02 Å². The van der Waals surface area contributed by atoms with E-state index in [2.05, 4.69) is 11.4 Å². The lowest BCUT2D eigenvalue weighted by Crippen LogP contribution is -1.93. The van der Waals surface area contributed by atoms with Crippen molar-refractivity contribution in [3.05, 3.63) is 43.7 Å². The fourth-order valence-corrected chi connectivity index (χ4v) is 4.90. The predicted octanol–water partition coefficient (Wildman–Crippen LogP) is 4.76. The molecule has 3 aromatic rings. The number of fused-ring (bicyclic) bond motifs is 1. The van der Waals surface area contributed by atoms with E-state index >= 15 is 0 Å². The Bertz CT molecular complexity index is 593. The van der Waals surface area contributed by atoms with Crippen LogP contribution in [-0.4, -0.2) is 5.11 Å². The van der Waals surface area contributed by atoms with Crippen molar-refractivity contribution in [3.8, 4) is 0 Å². The standard InChI is InChI=1S/C11H7ClOS3/c12-6-1-3-15-11(6)10(13)9-5-8-7(16-9)2-4-14-8/h1-5,10,13H. The van der Waals surface area contributed by atoms with Crippen LogP contribution in [0.15, 0.2) is 29.0 Å². The highest BCUT2D eigenvalue weighted by molar-refractivity contribution is 7.27. The largest absolute Gasteiger partial charge is 0.382 e. The van der Waals surface area contributed by atoms with Gasteiger partial charge in [-0.05, 0) is 29.0 Å². The molecule has 0 aliphatic rings. The highest BCUT2D eigenvalue weighted by Crippen LogP contribution is 2.39. The molecule has 3 aromatic heterocycles. The fraction of sp³-hybridized carbons (Fsp3) is 0.0909. The van der Waals surface area contributed by atoms with Crippen LogP contribution in [0.1, 0.15) is 15.9 Å². The average molecular weight is 287 g/mol. The molecular formula is C11H7ClOS3. The van der Waals surface area contributed by atoms with Gasteiger partial charge in [-0.2, -0.15) is 0 Å². The quantitative estimate of drug-likeness (QED) is 0.720. The molecule has 1 atom stereocenters. The van der Waals surface area contributed by atoms with Gasteiger partial charge in [0.2, 0.25) is 0 Å². The molecule has 0 spiro atoms. The summed E-state index contributed by atoms with van der Waals surface area (Å²) in [6.07, 6.45) is -0.586. The van der Waals surface area contributed by atoms with Gasteiger partial charge in [-0.25, -0.2) is 0 Å². The normalized spacial score (nSPS) is 13.4. The molecule has 1 N–H and O–H groups in total. The first-order valence-corrected chi connectivity index (χ1v) is 7.59. The molecule has 16 heavy (non-hydrogen) atoms. The lowest BCUT2D eigenvalue weighted by atomic mass is 10.2. The molecule has 0 radical (unpaired) electrons. The van der Waals surface area contributed by atoms with E-state index in [1.165, 1.54) is 20.7 Å². The summed E-state index contributed by atoms with van der Waals surface area (Å²) in [5.74, 6) is 0. The lowest BCUT2D eigenvalue weighted by Gasteiger charge is -2.05. The molecule has 0 aliphatic heterocycles. The summed E-state index contributed by atoms with van der Waals surface area (Å²) in [4.78, 5) is 1.79. The number of halogens is 1. The van der Waals surface area contributed by atoms with Crippen molar-refractivity contribution in [2.75, 3.05) is 0 Å². The first-order chi connectivity index (χ1) is 7.75. The second-order valence-corrected chi connectivity index (χ2v) is 6.75. The smallest absolute Gasteiger partial charge is 0.124 e. The molecule has 0 saturated carbocycles. The van der Waals surface area contributed by atoms with Crippen LogP contribution < -0.4 is 0 Å². The summed E-state index contributed by atoms with van der Waals surface area (Å²) in [6.45, 7) is 0. The van der Waals surface area contributed by atoms with Gasteiger partial charge in [0, 0.05) is 14.3 Å². The Labute approximate surface area is 110 Å². The predicted molar refractivity (Wildman–Crippen MR) is 73.1 cm³/mol. The van der Waals surface area contributed by atoms with E-state index in [1.807, 2.05) is 17.5 Å². The second-order valence-electron chi connectivity index (χ2n) is 3.33. The number of rotatable bonds is 2. The van der Waals surface area contributed by atoms with E-state index in [0.717, 1.165) is 9.75 Å². The highest BCUT2D eigenvalue weighted by Gasteiger charge is 2.18. The van der Waals surface area contributed by atoms with Crippen LogP contribution >= 0.6 is 45.6 Å². The molecule has 0 bridgehead atoms. The van der Waals surface area contributed by atoms with Gasteiger partial charge in [-0.1, -0.05) is 11.6 Å². The molecule has 1 nitrogen and oxygen atoms in total. The van der Waals surface area contributed by atoms with Crippen LogP contribution in [0, 0.1) is 0 Å². The van der Waals surface area contributed by atoms with Gasteiger partial charge in [0.1, 0.15) is 6.10 Å². The van der Waals surface area contributed by atoms with Crippen molar-refractivity contribution in [3.63, 3.8) is 0 Å². The van der Waals surface area contributed by atoms with Crippen molar-refractivity contribution in [2.24, 2.45) is 0 Å². The van der Waals surface area contributed by atoms with E-state index in [4.69, 9.17) is 11.6 Å². The number of thiophene rings is 3. The number of aliphatic hydroxyl groups is 1. The van der Waals surface area contributed by atoms with Crippen LogP contribution in [0.5, 0.6) is 0 Å². The van der Waals surface area contributed by atoms with Gasteiger partial charge >= 0.3 is 0 Å². The summed E-state index contributed by atoms with van der Waals surface area (Å²) in [6, 6.07) is 5.95. The summed E-state index contributed by atoms with van der Waals surface area (Å²) in [5, 5.41) is 14.8. The first kappa shape index (κ1) is 10.7. The van der Waals surface area contributed by atoms with Gasteiger partial charge in [0.05, 0.1) is 9.90 Å². The maximum atomic E-state index is 10.2. The van der Waals surface area contributed by atoms with Crippen molar-refractivity contribution in [2.45, 2.75) is 6.10 Å². The summed E-state index contributed by atoms with van der Waals surface area (Å²) in [7, 11) is 0. The van der Waals surface area contributed by atoms with E-state index in [0.29, 0.717) is 5.02 Å². The van der Waals surface area contributed by atoms with Crippen molar-refractivity contribution in [1.82, 2.24) is 0 Å². The average Bonchev–Trinajstić information content (AvgIpc) is 2.89. The maximum absolute atomic E-state index is 10.2. The maximum Gasteiger partial charge on any atom is 0.124 e. The van der Waals surface area contributed by atoms with Crippen LogP contribution in [0.3, 0.4) is 0 Å². The SMILES string of the molecule is OC(c1cc2sccc2s1)c1sccc1Cl. The molecule has 5 heteroatoms. The molecule has 0 aromatic carbocycles. The van der Waals surface area contributed by atoms with Gasteiger partial charge < -0.3 is 5.11 Å². The molecule has 0 amide bonds. The number of hydrogen-bond acceptors (Lipinski definition) is 4. The van der Waals surface area contributed by atoms with Crippen molar-refractivity contribution in [1.29, 1.82) is 0 Å². The summed E-state index contributed by atoms with van der Waals surface area (Å²) in [5.41, 5.74) is 0. The van der Waals surface area contributed by atoms with E-state index in [9.17, 15) is 5.11 Å². The van der Waals surface area contributed by atoms with Gasteiger partial charge in [0.15, 0.2) is 0 Å². The molecule has 0 aliphatic carbocycles. The molecule has 3 heterocycles. The Hall–Kier alpha value is -0.390. The minimum Gasteiger partial charge on any atom is -0.382 e. The van der Waals surface area contributed by atoms with Crippen LogP contribution in [0.4, 0.5) is 0 Å². The Balaban J connectivity index is 2.04. The first-order valence-electron chi connectivity index (χ1n) is 4.63. The Kier molecular flexibility index (Phi) is 2.77. The van der Waals surface area contributed by atoms with Crippen molar-refractivity contribution < 1.29 is 5.11 Å². The minimum atomic E-state index is -0.586. The minimum absolute atomic E-state index is 0.586. The zero-order chi connectivity index (χ0) is 11.1. The van der Waals surface area contributed by atoms with E-state index in [-0.39, 0.29) is 0 Å². The Morgan fingerprint density at radius 2 is 1.94 bits per heavy atom. The molecule has 0 fully saturated rings. The third kappa shape index (κ3) is 1.71. The molecule has 3 rings (SSSR count). The third-order valence-electron chi connectivity index (χ3n) is 2.32. The zero-order valence-electron chi connectivity index (χ0n) is 8.01. The third-order valence-corrected chi connectivity index (χ3v) is 5.88. The Morgan fingerprint density at radius 3 is 2.62 bits per heavy atom. The number of aliphatic hydroxyl groups excluding tert-OH is 1. The van der Waals surface area contributed by atoms with Crippen LogP contribution in [0.25, 0.3) is 9.40 Å². The zero-order valence-corrected chi connectivity index (χ0v) is 11.2. The summed E-state index contributed by atoms with van der Waals surface area (Å²) >= 11 is 10.8. The monoisotopic (exact) mass is 286 g/mol. The molecule has 82 valence electrons. The topological polar surface area (TPSA) is 20.2 Å². The Morgan fingerprint density at radius 1 is 1.12 bits per heavy atom. The summed E-state index contributed by atoms with van der Waals surface area (Å²) < 4.78 is 2.46. The molecule has 1 unspecified atom stereocenters. The second kappa shape index (κ2) is 4.13. The van der Waals surface area contributed by atoms with Gasteiger partial charge in [0.25, 0.3) is 0 Å². The van der Waals surface area contributed by atoms with Crippen molar-refractivity contribution >= 4 is 55.0 Å². The number of hydrogen-bond donors (Lipinski definition) is 1.